The summed E-state index contributed by atoms with van der Waals surface area (Å²) in [4.78, 5) is 13.3. The van der Waals surface area contributed by atoms with Gasteiger partial charge in [-0.2, -0.15) is 0 Å². The smallest absolute Gasteiger partial charge is 0.220 e. The van der Waals surface area contributed by atoms with E-state index >= 15 is 0 Å². The fourth-order valence-electron chi connectivity index (χ4n) is 11.0. The summed E-state index contributed by atoms with van der Waals surface area (Å²) in [6.07, 6.45) is 54.1. The average Bonchev–Trinajstić information content (AvgIpc) is 3.65. The average molecular weight is 1180 g/mol. The summed E-state index contributed by atoms with van der Waals surface area (Å²) in [6, 6.07) is -0.936. The molecule has 0 radical (unpaired) electrons. The second kappa shape index (κ2) is 53.9. The number of allylic oxidation sites excluding steroid dienone is 9. The normalized spacial score (nSPS) is 24.2. The maximum Gasteiger partial charge on any atom is 0.220 e. The molecular formula is C69H125NO13. The highest BCUT2D eigenvalue weighted by Gasteiger charge is 2.51. The summed E-state index contributed by atoms with van der Waals surface area (Å²) in [5, 5.41) is 87.3. The lowest BCUT2D eigenvalue weighted by atomic mass is 9.97. The summed E-state index contributed by atoms with van der Waals surface area (Å²) in [5.74, 6) is -0.250. The van der Waals surface area contributed by atoms with E-state index in [0.717, 1.165) is 44.9 Å². The predicted molar refractivity (Wildman–Crippen MR) is 337 cm³/mol. The summed E-state index contributed by atoms with van der Waals surface area (Å²) < 4.78 is 22.8. The first-order valence-corrected chi connectivity index (χ1v) is 34.0. The molecule has 2 heterocycles. The first-order valence-electron chi connectivity index (χ1n) is 34.0. The Balaban J connectivity index is 1.72. The number of carbonyl (C=O) groups is 1. The Morgan fingerprint density at radius 3 is 1.27 bits per heavy atom. The molecule has 0 saturated carbocycles. The molecule has 2 aliphatic heterocycles. The third-order valence-electron chi connectivity index (χ3n) is 16.4. The zero-order valence-electron chi connectivity index (χ0n) is 52.4. The number of amides is 1. The lowest BCUT2D eigenvalue weighted by molar-refractivity contribution is -0.359. The summed E-state index contributed by atoms with van der Waals surface area (Å²) in [7, 11) is 0. The maximum absolute atomic E-state index is 13.3. The van der Waals surface area contributed by atoms with E-state index in [-0.39, 0.29) is 18.9 Å². The molecular weight excluding hydrogens is 1050 g/mol. The van der Waals surface area contributed by atoms with Gasteiger partial charge in [-0.25, -0.2) is 0 Å². The SMILES string of the molecule is CCCCCCC/C=C\C/C=C\C/C=C\CCCCCCCCCCCCCCC(=O)NC(COC1OC(CO)C(OC2OC(CO)C(O)C(O)C2O)C(O)C1O)C(O)/C=C/CC/C=C/CCCCCCCCCCCCCCCCCC. The van der Waals surface area contributed by atoms with Gasteiger partial charge in [0.15, 0.2) is 12.6 Å². The minimum Gasteiger partial charge on any atom is -0.394 e. The van der Waals surface area contributed by atoms with Gasteiger partial charge in [0.1, 0.15) is 48.8 Å². The van der Waals surface area contributed by atoms with Crippen molar-refractivity contribution in [3.63, 3.8) is 0 Å². The molecule has 12 atom stereocenters. The van der Waals surface area contributed by atoms with Crippen LogP contribution in [0.25, 0.3) is 0 Å². The van der Waals surface area contributed by atoms with E-state index in [0.29, 0.717) is 12.8 Å². The molecule has 14 heteroatoms. The number of carbonyl (C=O) groups excluding carboxylic acids is 1. The molecule has 12 unspecified atom stereocenters. The number of hydrogen-bond donors (Lipinski definition) is 9. The number of nitrogens with one attached hydrogen (secondary N) is 1. The third-order valence-corrected chi connectivity index (χ3v) is 16.4. The van der Waals surface area contributed by atoms with Gasteiger partial charge in [-0.15, -0.1) is 0 Å². The van der Waals surface area contributed by atoms with E-state index in [2.05, 4.69) is 67.8 Å². The van der Waals surface area contributed by atoms with Crippen molar-refractivity contribution in [1.29, 1.82) is 0 Å². The van der Waals surface area contributed by atoms with E-state index in [4.69, 9.17) is 18.9 Å². The van der Waals surface area contributed by atoms with Gasteiger partial charge in [-0.05, 0) is 70.6 Å². The molecule has 0 aromatic rings. The van der Waals surface area contributed by atoms with Gasteiger partial charge in [-0.1, -0.05) is 261 Å². The van der Waals surface area contributed by atoms with Crippen LogP contribution in [0.2, 0.25) is 0 Å². The minimum absolute atomic E-state index is 0.250. The molecule has 9 N–H and O–H groups in total. The van der Waals surface area contributed by atoms with Crippen molar-refractivity contribution in [2.45, 2.75) is 351 Å². The largest absolute Gasteiger partial charge is 0.394 e. The Hall–Kier alpha value is -2.31. The molecule has 14 nitrogen and oxygen atoms in total. The molecule has 2 fully saturated rings. The van der Waals surface area contributed by atoms with Crippen LogP contribution in [-0.2, 0) is 23.7 Å². The molecule has 0 aromatic carbocycles. The number of rotatable bonds is 55. The van der Waals surface area contributed by atoms with E-state index in [1.807, 2.05) is 6.08 Å². The first kappa shape index (κ1) is 76.8. The standard InChI is InChI=1S/C69H125NO13/c1-3-5-7-9-11-13-15-17-19-21-23-25-27-28-29-30-31-33-35-37-39-41-43-45-47-49-51-53-61(74)70-57(56-80-68-66(79)64(77)67(60(55-72)82-68)83-69-65(78)63(76)62(75)59(54-71)81-69)58(73)52-50-48-46-44-42-40-38-36-34-32-26-24-22-20-18-16-14-12-10-8-6-4-2/h15,17,21,23,27-28,42,44,50,52,57-60,62-69,71-73,75-79H,3-14,16,18-20,22,24-26,29-41,43,45-49,51,53-56H2,1-2H3,(H,70,74)/b17-15-,23-21-,28-27-,44-42+,52-50+. The molecule has 1 amide bonds. The Morgan fingerprint density at radius 2 is 0.807 bits per heavy atom. The number of aliphatic hydroxyl groups is 8. The predicted octanol–water partition coefficient (Wildman–Crippen LogP) is 13.3. The second-order valence-electron chi connectivity index (χ2n) is 23.9. The number of hydrogen-bond acceptors (Lipinski definition) is 13. The van der Waals surface area contributed by atoms with Crippen LogP contribution >= 0.6 is 0 Å². The van der Waals surface area contributed by atoms with Crippen molar-refractivity contribution in [3.8, 4) is 0 Å². The van der Waals surface area contributed by atoms with E-state index < -0.39 is 86.8 Å². The van der Waals surface area contributed by atoms with Gasteiger partial charge in [0, 0.05) is 6.42 Å². The van der Waals surface area contributed by atoms with Crippen LogP contribution in [0.3, 0.4) is 0 Å². The van der Waals surface area contributed by atoms with Crippen LogP contribution in [0, 0.1) is 0 Å². The molecule has 83 heavy (non-hydrogen) atoms. The molecule has 0 bridgehead atoms. The van der Waals surface area contributed by atoms with Crippen LogP contribution in [0.4, 0.5) is 0 Å². The van der Waals surface area contributed by atoms with Crippen LogP contribution in [0.15, 0.2) is 60.8 Å². The summed E-state index contributed by atoms with van der Waals surface area (Å²) >= 11 is 0. The Morgan fingerprint density at radius 1 is 0.434 bits per heavy atom. The van der Waals surface area contributed by atoms with E-state index in [1.54, 1.807) is 6.08 Å². The number of ether oxygens (including phenoxy) is 4. The van der Waals surface area contributed by atoms with Crippen molar-refractivity contribution < 1.29 is 64.6 Å². The van der Waals surface area contributed by atoms with E-state index in [9.17, 15) is 45.6 Å². The maximum atomic E-state index is 13.3. The van der Waals surface area contributed by atoms with Crippen LogP contribution in [0.5, 0.6) is 0 Å². The molecule has 2 aliphatic rings. The molecule has 0 aliphatic carbocycles. The summed E-state index contributed by atoms with van der Waals surface area (Å²) in [6.45, 7) is 2.80. The monoisotopic (exact) mass is 1180 g/mol. The van der Waals surface area contributed by atoms with Gasteiger partial charge < -0.3 is 65.1 Å². The molecule has 2 saturated heterocycles. The Labute approximate surface area is 505 Å². The van der Waals surface area contributed by atoms with Gasteiger partial charge in [-0.3, -0.25) is 4.79 Å². The molecule has 0 aromatic heterocycles. The molecule has 2 rings (SSSR count). The molecule has 484 valence electrons. The van der Waals surface area contributed by atoms with Crippen LogP contribution in [-0.4, -0.2) is 140 Å². The van der Waals surface area contributed by atoms with Crippen molar-refractivity contribution in [3.05, 3.63) is 60.8 Å². The quantitative estimate of drug-likeness (QED) is 0.0204. The lowest BCUT2D eigenvalue weighted by Crippen LogP contribution is -2.65. The number of aliphatic hydroxyl groups excluding tert-OH is 8. The third kappa shape index (κ3) is 38.6. The molecule has 0 spiro atoms. The van der Waals surface area contributed by atoms with E-state index in [1.165, 1.54) is 199 Å². The first-order chi connectivity index (χ1) is 40.6. The van der Waals surface area contributed by atoms with Crippen molar-refractivity contribution in [2.75, 3.05) is 19.8 Å². The van der Waals surface area contributed by atoms with Crippen LogP contribution in [0.1, 0.15) is 277 Å². The Kier molecular flexibility index (Phi) is 49.9. The minimum atomic E-state index is -1.79. The van der Waals surface area contributed by atoms with Gasteiger partial charge in [0.25, 0.3) is 0 Å². The topological polar surface area (TPSA) is 228 Å². The van der Waals surface area contributed by atoms with Crippen molar-refractivity contribution in [2.24, 2.45) is 0 Å². The van der Waals surface area contributed by atoms with Crippen molar-refractivity contribution >= 4 is 5.91 Å². The van der Waals surface area contributed by atoms with Gasteiger partial charge in [0.2, 0.25) is 5.91 Å². The van der Waals surface area contributed by atoms with Crippen LogP contribution < -0.4 is 5.32 Å². The Bertz CT molecular complexity index is 1620. The van der Waals surface area contributed by atoms with Gasteiger partial charge >= 0.3 is 0 Å². The van der Waals surface area contributed by atoms with Gasteiger partial charge in [0.05, 0.1) is 32.0 Å². The number of unbranched alkanes of at least 4 members (excludes halogenated alkanes) is 34. The zero-order chi connectivity index (χ0) is 60.2. The highest BCUT2D eigenvalue weighted by molar-refractivity contribution is 5.76. The van der Waals surface area contributed by atoms with Crippen molar-refractivity contribution in [1.82, 2.24) is 5.32 Å². The zero-order valence-corrected chi connectivity index (χ0v) is 52.4. The highest BCUT2D eigenvalue weighted by atomic mass is 16.7. The fourth-order valence-corrected chi connectivity index (χ4v) is 11.0. The second-order valence-corrected chi connectivity index (χ2v) is 23.9. The summed E-state index contributed by atoms with van der Waals surface area (Å²) in [5.41, 5.74) is 0. The highest BCUT2D eigenvalue weighted by Crippen LogP contribution is 2.30. The fraction of sp³-hybridized carbons (Fsp3) is 0.841. The lowest BCUT2D eigenvalue weighted by Gasteiger charge is -2.46.